The summed E-state index contributed by atoms with van der Waals surface area (Å²) in [5, 5.41) is 2.57. The summed E-state index contributed by atoms with van der Waals surface area (Å²) in [7, 11) is 3.31. The molecule has 2 aromatic rings. The van der Waals surface area contributed by atoms with E-state index in [1.807, 2.05) is 36.4 Å². The Morgan fingerprint density at radius 1 is 1.14 bits per heavy atom. The van der Waals surface area contributed by atoms with E-state index in [9.17, 15) is 14.4 Å². The van der Waals surface area contributed by atoms with E-state index in [-0.39, 0.29) is 30.7 Å². The first-order valence-electron chi connectivity index (χ1n) is 9.07. The van der Waals surface area contributed by atoms with E-state index in [1.165, 1.54) is 0 Å². The molecule has 1 N–H and O–H groups in total. The van der Waals surface area contributed by atoms with Gasteiger partial charge in [0.1, 0.15) is 5.75 Å². The highest BCUT2D eigenvalue weighted by Gasteiger charge is 2.25. The first kappa shape index (κ1) is 19.4. The lowest BCUT2D eigenvalue weighted by molar-refractivity contribution is -0.130. The molecule has 3 amide bonds. The van der Waals surface area contributed by atoms with Gasteiger partial charge in [-0.3, -0.25) is 14.4 Å². The largest absolute Gasteiger partial charge is 0.482 e. The molecule has 0 saturated carbocycles. The van der Waals surface area contributed by atoms with E-state index in [2.05, 4.69) is 5.32 Å². The van der Waals surface area contributed by atoms with Crippen molar-refractivity contribution in [3.63, 3.8) is 0 Å². The molecule has 0 unspecified atom stereocenters. The maximum atomic E-state index is 12.5. The Hall–Kier alpha value is -3.35. The van der Waals surface area contributed by atoms with Crippen molar-refractivity contribution in [1.29, 1.82) is 0 Å². The van der Waals surface area contributed by atoms with Gasteiger partial charge in [-0.15, -0.1) is 0 Å². The normalized spacial score (nSPS) is 12.8. The molecular formula is C21H23N3O4. The molecule has 0 atom stereocenters. The third-order valence-electron chi connectivity index (χ3n) is 4.65. The molecule has 2 aromatic carbocycles. The zero-order valence-corrected chi connectivity index (χ0v) is 16.0. The van der Waals surface area contributed by atoms with Gasteiger partial charge in [-0.25, -0.2) is 0 Å². The fourth-order valence-corrected chi connectivity index (χ4v) is 3.07. The van der Waals surface area contributed by atoms with Crippen LogP contribution in [0.2, 0.25) is 0 Å². The lowest BCUT2D eigenvalue weighted by Crippen LogP contribution is -2.41. The summed E-state index contributed by atoms with van der Waals surface area (Å²) in [5.41, 5.74) is 2.19. The van der Waals surface area contributed by atoms with E-state index in [0.717, 1.165) is 5.56 Å². The van der Waals surface area contributed by atoms with Crippen LogP contribution in [0.3, 0.4) is 0 Å². The highest BCUT2D eigenvalue weighted by molar-refractivity contribution is 5.98. The minimum absolute atomic E-state index is 0.0151. The molecule has 0 bridgehead atoms. The van der Waals surface area contributed by atoms with Crippen molar-refractivity contribution < 1.29 is 19.1 Å². The monoisotopic (exact) mass is 381 g/mol. The first-order valence-corrected chi connectivity index (χ1v) is 9.07. The Kier molecular flexibility index (Phi) is 5.93. The summed E-state index contributed by atoms with van der Waals surface area (Å²) >= 11 is 0. The van der Waals surface area contributed by atoms with Crippen molar-refractivity contribution in [1.82, 2.24) is 10.2 Å². The molecule has 0 aliphatic carbocycles. The second-order valence-corrected chi connectivity index (χ2v) is 6.58. The summed E-state index contributed by atoms with van der Waals surface area (Å²) in [6.07, 6.45) is 0.215. The minimum atomic E-state index is -0.154. The molecule has 3 rings (SSSR count). The number of ether oxygens (including phenoxy) is 1. The molecule has 0 spiro atoms. The Labute approximate surface area is 163 Å². The predicted octanol–water partition coefficient (Wildman–Crippen LogP) is 1.82. The molecule has 0 radical (unpaired) electrons. The maximum Gasteiger partial charge on any atom is 0.265 e. The third kappa shape index (κ3) is 4.31. The van der Waals surface area contributed by atoms with Crippen molar-refractivity contribution in [2.45, 2.75) is 13.0 Å². The van der Waals surface area contributed by atoms with Gasteiger partial charge in [0.2, 0.25) is 5.91 Å². The van der Waals surface area contributed by atoms with Crippen LogP contribution in [-0.2, 0) is 16.1 Å². The van der Waals surface area contributed by atoms with Crippen LogP contribution in [0.5, 0.6) is 5.75 Å². The van der Waals surface area contributed by atoms with Gasteiger partial charge in [0, 0.05) is 39.2 Å². The van der Waals surface area contributed by atoms with Crippen LogP contribution in [0.25, 0.3) is 0 Å². The highest BCUT2D eigenvalue weighted by atomic mass is 16.5. The van der Waals surface area contributed by atoms with Gasteiger partial charge in [0.05, 0.1) is 5.69 Å². The summed E-state index contributed by atoms with van der Waals surface area (Å²) in [5.74, 6) is 0.289. The van der Waals surface area contributed by atoms with Crippen LogP contribution in [0.4, 0.5) is 5.69 Å². The van der Waals surface area contributed by atoms with E-state index < -0.39 is 0 Å². The Balaban J connectivity index is 1.57. The Morgan fingerprint density at radius 2 is 1.86 bits per heavy atom. The summed E-state index contributed by atoms with van der Waals surface area (Å²) < 4.78 is 5.42. The van der Waals surface area contributed by atoms with Gasteiger partial charge in [0.15, 0.2) is 6.61 Å². The van der Waals surface area contributed by atoms with E-state index in [4.69, 9.17) is 4.74 Å². The smallest absolute Gasteiger partial charge is 0.265 e. The standard InChI is InChI=1S/C21H23N3O4/c1-22-21(27)16-9-7-15(8-10-16)13-23(2)19(25)11-12-24-17-5-3-4-6-18(17)28-14-20(24)26/h3-10H,11-14H2,1-2H3,(H,22,27). The van der Waals surface area contributed by atoms with Gasteiger partial charge in [-0.1, -0.05) is 24.3 Å². The second kappa shape index (κ2) is 8.56. The second-order valence-electron chi connectivity index (χ2n) is 6.58. The zero-order valence-electron chi connectivity index (χ0n) is 16.0. The van der Waals surface area contributed by atoms with Crippen LogP contribution in [0.1, 0.15) is 22.3 Å². The average Bonchev–Trinajstić information content (AvgIpc) is 2.72. The van der Waals surface area contributed by atoms with Crippen LogP contribution < -0.4 is 15.0 Å². The number of carbonyl (C=O) groups is 3. The van der Waals surface area contributed by atoms with E-state index in [1.54, 1.807) is 36.0 Å². The fraction of sp³-hybridized carbons (Fsp3) is 0.286. The lowest BCUT2D eigenvalue weighted by atomic mass is 10.1. The molecule has 1 heterocycles. The van der Waals surface area contributed by atoms with Crippen molar-refractivity contribution in [3.05, 3.63) is 59.7 Å². The molecular weight excluding hydrogens is 358 g/mol. The van der Waals surface area contributed by atoms with Crippen molar-refractivity contribution in [2.24, 2.45) is 0 Å². The van der Waals surface area contributed by atoms with Gasteiger partial charge >= 0.3 is 0 Å². The van der Waals surface area contributed by atoms with Gasteiger partial charge in [-0.2, -0.15) is 0 Å². The van der Waals surface area contributed by atoms with Crippen molar-refractivity contribution in [2.75, 3.05) is 32.1 Å². The number of fused-ring (bicyclic) bond motifs is 1. The molecule has 7 nitrogen and oxygen atoms in total. The maximum absolute atomic E-state index is 12.5. The average molecular weight is 381 g/mol. The van der Waals surface area contributed by atoms with Crippen molar-refractivity contribution in [3.8, 4) is 5.75 Å². The number of hydrogen-bond donors (Lipinski definition) is 1. The number of hydrogen-bond acceptors (Lipinski definition) is 4. The summed E-state index contributed by atoms with van der Waals surface area (Å²) in [6.45, 7) is 0.719. The number of para-hydroxylation sites is 2. The van der Waals surface area contributed by atoms with Crippen molar-refractivity contribution >= 4 is 23.4 Å². The quantitative estimate of drug-likeness (QED) is 0.828. The number of nitrogens with zero attached hydrogens (tertiary/aromatic N) is 2. The van der Waals surface area contributed by atoms with Gasteiger partial charge in [0.25, 0.3) is 11.8 Å². The van der Waals surface area contributed by atoms with Gasteiger partial charge < -0.3 is 19.9 Å². The Bertz CT molecular complexity index is 879. The van der Waals surface area contributed by atoms with Crippen LogP contribution in [-0.4, -0.2) is 49.9 Å². The fourth-order valence-electron chi connectivity index (χ4n) is 3.07. The third-order valence-corrected chi connectivity index (χ3v) is 4.65. The number of carbonyl (C=O) groups excluding carboxylic acids is 3. The molecule has 0 aromatic heterocycles. The summed E-state index contributed by atoms with van der Waals surface area (Å²) in [6, 6.07) is 14.4. The predicted molar refractivity (Wildman–Crippen MR) is 105 cm³/mol. The number of anilines is 1. The summed E-state index contributed by atoms with van der Waals surface area (Å²) in [4.78, 5) is 39.5. The van der Waals surface area contributed by atoms with Crippen LogP contribution >= 0.6 is 0 Å². The number of amides is 3. The molecule has 7 heteroatoms. The topological polar surface area (TPSA) is 79.0 Å². The highest BCUT2D eigenvalue weighted by Crippen LogP contribution is 2.31. The molecule has 28 heavy (non-hydrogen) atoms. The van der Waals surface area contributed by atoms with E-state index in [0.29, 0.717) is 30.1 Å². The minimum Gasteiger partial charge on any atom is -0.482 e. The Morgan fingerprint density at radius 3 is 2.57 bits per heavy atom. The SMILES string of the molecule is CNC(=O)c1ccc(CN(C)C(=O)CCN2C(=O)COc3ccccc32)cc1. The zero-order chi connectivity index (χ0) is 20.1. The molecule has 1 aliphatic rings. The van der Waals surface area contributed by atoms with Crippen LogP contribution in [0.15, 0.2) is 48.5 Å². The number of rotatable bonds is 6. The first-order chi connectivity index (χ1) is 13.5. The lowest BCUT2D eigenvalue weighted by Gasteiger charge is -2.29. The molecule has 1 aliphatic heterocycles. The number of nitrogens with one attached hydrogen (secondary N) is 1. The van der Waals surface area contributed by atoms with E-state index >= 15 is 0 Å². The van der Waals surface area contributed by atoms with Crippen LogP contribution in [0, 0.1) is 0 Å². The molecule has 0 fully saturated rings. The molecule has 146 valence electrons. The van der Waals surface area contributed by atoms with Gasteiger partial charge in [-0.05, 0) is 29.8 Å². The molecule has 0 saturated heterocycles. The number of benzene rings is 2.